The smallest absolute Gasteiger partial charge is 0.241 e. The molecule has 1 aromatic heterocycles. The maximum Gasteiger partial charge on any atom is 0.241 e. The zero-order chi connectivity index (χ0) is 14.4. The second-order valence-corrected chi connectivity index (χ2v) is 4.30. The minimum Gasteiger partial charge on any atom is -0.476 e. The van der Waals surface area contributed by atoms with Gasteiger partial charge < -0.3 is 20.3 Å². The number of likely N-dealkylation sites (N-methyl/N-ethyl adjacent to an activating group) is 2. The summed E-state index contributed by atoms with van der Waals surface area (Å²) in [6, 6.07) is 3.54. The number of ether oxygens (including phenoxy) is 1. The second-order valence-electron chi connectivity index (χ2n) is 4.30. The third-order valence-corrected chi connectivity index (χ3v) is 2.69. The fourth-order valence-electron chi connectivity index (χ4n) is 1.53. The van der Waals surface area contributed by atoms with Gasteiger partial charge >= 0.3 is 0 Å². The van der Waals surface area contributed by atoms with Crippen LogP contribution in [0, 0.1) is 0 Å². The third-order valence-electron chi connectivity index (χ3n) is 2.69. The number of nitrogen functional groups attached to an aromatic ring is 1. The Morgan fingerprint density at radius 1 is 1.37 bits per heavy atom. The number of carbonyl (C=O) groups is 1. The normalized spacial score (nSPS) is 10.1. The molecule has 0 unspecified atom stereocenters. The van der Waals surface area contributed by atoms with E-state index in [1.54, 1.807) is 31.1 Å². The van der Waals surface area contributed by atoms with Gasteiger partial charge in [-0.3, -0.25) is 4.79 Å². The molecule has 2 N–H and O–H groups in total. The van der Waals surface area contributed by atoms with Crippen LogP contribution in [0.25, 0.3) is 0 Å². The van der Waals surface area contributed by atoms with E-state index in [0.717, 1.165) is 0 Å². The minimum absolute atomic E-state index is 0.0263. The fraction of sp³-hybridized carbons (Fsp3) is 0.538. The van der Waals surface area contributed by atoms with Crippen molar-refractivity contribution < 1.29 is 9.53 Å². The highest BCUT2D eigenvalue weighted by atomic mass is 16.5. The molecular formula is C13H22N4O2. The van der Waals surface area contributed by atoms with E-state index in [0.29, 0.717) is 30.5 Å². The van der Waals surface area contributed by atoms with E-state index in [9.17, 15) is 4.79 Å². The van der Waals surface area contributed by atoms with Crippen molar-refractivity contribution in [1.82, 2.24) is 9.88 Å². The van der Waals surface area contributed by atoms with Crippen LogP contribution in [0.15, 0.2) is 12.1 Å². The van der Waals surface area contributed by atoms with Gasteiger partial charge in [-0.05, 0) is 26.0 Å². The van der Waals surface area contributed by atoms with Crippen molar-refractivity contribution in [2.75, 3.05) is 44.4 Å². The summed E-state index contributed by atoms with van der Waals surface area (Å²) in [5.74, 6) is 1.13. The van der Waals surface area contributed by atoms with Crippen LogP contribution in [0.3, 0.4) is 0 Å². The van der Waals surface area contributed by atoms with Crippen LogP contribution >= 0.6 is 0 Å². The number of hydrogen-bond donors (Lipinski definition) is 1. The number of pyridine rings is 1. The molecule has 106 valence electrons. The van der Waals surface area contributed by atoms with Gasteiger partial charge in [0, 0.05) is 20.6 Å². The molecule has 0 atom stereocenters. The van der Waals surface area contributed by atoms with Crippen molar-refractivity contribution in [3.05, 3.63) is 12.1 Å². The van der Waals surface area contributed by atoms with E-state index in [1.807, 2.05) is 18.7 Å². The van der Waals surface area contributed by atoms with Gasteiger partial charge in [0.1, 0.15) is 5.82 Å². The van der Waals surface area contributed by atoms with E-state index < -0.39 is 0 Å². The van der Waals surface area contributed by atoms with Crippen LogP contribution < -0.4 is 15.4 Å². The molecule has 0 aliphatic carbocycles. The number of hydrogen-bond acceptors (Lipinski definition) is 5. The third kappa shape index (κ3) is 4.01. The van der Waals surface area contributed by atoms with Crippen LogP contribution in [0.1, 0.15) is 13.8 Å². The number of amides is 1. The largest absolute Gasteiger partial charge is 0.476 e. The predicted molar refractivity (Wildman–Crippen MR) is 76.4 cm³/mol. The molecule has 19 heavy (non-hydrogen) atoms. The molecule has 1 aromatic rings. The Morgan fingerprint density at radius 3 is 2.58 bits per heavy atom. The van der Waals surface area contributed by atoms with Gasteiger partial charge in [0.2, 0.25) is 11.8 Å². The van der Waals surface area contributed by atoms with Crippen molar-refractivity contribution in [2.45, 2.75) is 13.8 Å². The van der Waals surface area contributed by atoms with Gasteiger partial charge in [-0.2, -0.15) is 4.98 Å². The summed E-state index contributed by atoms with van der Waals surface area (Å²) in [6.07, 6.45) is 0. The first-order chi connectivity index (χ1) is 8.99. The molecule has 1 heterocycles. The Kier molecular flexibility index (Phi) is 5.41. The quantitative estimate of drug-likeness (QED) is 0.831. The Balaban J connectivity index is 2.92. The van der Waals surface area contributed by atoms with Crippen molar-refractivity contribution in [3.8, 4) is 5.88 Å². The SMILES string of the molecule is CCOc1nc(N(CC)CC(=O)N(C)C)ccc1N. The summed E-state index contributed by atoms with van der Waals surface area (Å²) < 4.78 is 5.37. The highest BCUT2D eigenvalue weighted by Gasteiger charge is 2.14. The van der Waals surface area contributed by atoms with Crippen molar-refractivity contribution >= 4 is 17.4 Å². The van der Waals surface area contributed by atoms with Crippen LogP contribution in [-0.4, -0.2) is 49.6 Å². The Labute approximate surface area is 114 Å². The molecule has 0 aromatic carbocycles. The van der Waals surface area contributed by atoms with Gasteiger partial charge in [-0.1, -0.05) is 0 Å². The van der Waals surface area contributed by atoms with Crippen LogP contribution in [0.5, 0.6) is 5.88 Å². The average molecular weight is 266 g/mol. The van der Waals surface area contributed by atoms with Gasteiger partial charge in [0.25, 0.3) is 0 Å². The Bertz CT molecular complexity index is 435. The molecule has 0 radical (unpaired) electrons. The molecule has 1 amide bonds. The summed E-state index contributed by atoms with van der Waals surface area (Å²) >= 11 is 0. The predicted octanol–water partition coefficient (Wildman–Crippen LogP) is 0.977. The first-order valence-corrected chi connectivity index (χ1v) is 6.34. The molecule has 0 fully saturated rings. The Morgan fingerprint density at radius 2 is 2.05 bits per heavy atom. The second kappa shape index (κ2) is 6.82. The molecule has 6 nitrogen and oxygen atoms in total. The molecule has 0 bridgehead atoms. The Hall–Kier alpha value is -1.98. The number of rotatable bonds is 6. The van der Waals surface area contributed by atoms with Crippen LogP contribution in [-0.2, 0) is 4.79 Å². The summed E-state index contributed by atoms with van der Waals surface area (Å²) in [6.45, 7) is 5.32. The first-order valence-electron chi connectivity index (χ1n) is 6.34. The van der Waals surface area contributed by atoms with Gasteiger partial charge in [0.15, 0.2) is 0 Å². The molecule has 0 aliphatic rings. The number of anilines is 2. The lowest BCUT2D eigenvalue weighted by molar-refractivity contribution is -0.127. The summed E-state index contributed by atoms with van der Waals surface area (Å²) in [7, 11) is 3.47. The molecule has 6 heteroatoms. The minimum atomic E-state index is 0.0263. The van der Waals surface area contributed by atoms with Crippen molar-refractivity contribution in [2.24, 2.45) is 0 Å². The lowest BCUT2D eigenvalue weighted by atomic mass is 10.3. The highest BCUT2D eigenvalue weighted by Crippen LogP contribution is 2.23. The molecule has 1 rings (SSSR count). The van der Waals surface area contributed by atoms with Crippen LogP contribution in [0.2, 0.25) is 0 Å². The van der Waals surface area contributed by atoms with E-state index in [2.05, 4.69) is 4.98 Å². The summed E-state index contributed by atoms with van der Waals surface area (Å²) in [5.41, 5.74) is 6.29. The average Bonchev–Trinajstić information content (AvgIpc) is 2.38. The van der Waals surface area contributed by atoms with Gasteiger partial charge in [-0.25, -0.2) is 0 Å². The van der Waals surface area contributed by atoms with Crippen molar-refractivity contribution in [3.63, 3.8) is 0 Å². The topological polar surface area (TPSA) is 71.7 Å². The van der Waals surface area contributed by atoms with Gasteiger partial charge in [0.05, 0.1) is 18.8 Å². The lowest BCUT2D eigenvalue weighted by Crippen LogP contribution is -2.37. The molecular weight excluding hydrogens is 244 g/mol. The summed E-state index contributed by atoms with van der Waals surface area (Å²) in [4.78, 5) is 19.6. The number of carbonyl (C=O) groups excluding carboxylic acids is 1. The maximum absolute atomic E-state index is 11.8. The van der Waals surface area contributed by atoms with Crippen molar-refractivity contribution in [1.29, 1.82) is 0 Å². The molecule has 0 saturated heterocycles. The monoisotopic (exact) mass is 266 g/mol. The van der Waals surface area contributed by atoms with Gasteiger partial charge in [-0.15, -0.1) is 0 Å². The standard InChI is InChI=1S/C13H22N4O2/c1-5-17(9-12(18)16(3)4)11-8-7-10(14)13(15-11)19-6-2/h7-8H,5-6,9,14H2,1-4H3. The molecule has 0 spiro atoms. The van der Waals surface area contributed by atoms with E-state index >= 15 is 0 Å². The van der Waals surface area contributed by atoms with E-state index in [4.69, 9.17) is 10.5 Å². The van der Waals surface area contributed by atoms with Crippen LogP contribution in [0.4, 0.5) is 11.5 Å². The lowest BCUT2D eigenvalue weighted by Gasteiger charge is -2.23. The zero-order valence-corrected chi connectivity index (χ0v) is 12.0. The number of nitrogens with two attached hydrogens (primary N) is 1. The number of nitrogens with zero attached hydrogens (tertiary/aromatic N) is 3. The highest BCUT2D eigenvalue weighted by molar-refractivity contribution is 5.80. The zero-order valence-electron chi connectivity index (χ0n) is 12.0. The summed E-state index contributed by atoms with van der Waals surface area (Å²) in [5, 5.41) is 0. The van der Waals surface area contributed by atoms with E-state index in [1.165, 1.54) is 0 Å². The first kappa shape index (κ1) is 15.1. The molecule has 0 aliphatic heterocycles. The number of aromatic nitrogens is 1. The maximum atomic E-state index is 11.8. The van der Waals surface area contributed by atoms with E-state index in [-0.39, 0.29) is 12.5 Å². The molecule has 0 saturated carbocycles. The fourth-order valence-corrected chi connectivity index (χ4v) is 1.53.